The molecule has 4 atom stereocenters. The molecule has 1 heterocycles. The molecular weight excluding hydrogens is 246 g/mol. The van der Waals surface area contributed by atoms with Gasteiger partial charge in [0.15, 0.2) is 0 Å². The molecule has 0 aromatic rings. The molecular formula is C18H33NO. The molecule has 0 aromatic carbocycles. The molecule has 1 aliphatic heterocycles. The fourth-order valence-electron chi connectivity index (χ4n) is 5.46. The summed E-state index contributed by atoms with van der Waals surface area (Å²) in [6.07, 6.45) is 13.8. The highest BCUT2D eigenvalue weighted by atomic mass is 16.3. The van der Waals surface area contributed by atoms with Gasteiger partial charge in [-0.15, -0.1) is 0 Å². The predicted octanol–water partition coefficient (Wildman–Crippen LogP) is 3.83. The fraction of sp³-hybridized carbons (Fsp3) is 1.00. The summed E-state index contributed by atoms with van der Waals surface area (Å²) in [7, 11) is 0. The van der Waals surface area contributed by atoms with Crippen molar-refractivity contribution in [2.45, 2.75) is 77.2 Å². The van der Waals surface area contributed by atoms with E-state index in [0.717, 1.165) is 17.9 Å². The van der Waals surface area contributed by atoms with Crippen molar-refractivity contribution in [3.8, 4) is 0 Å². The maximum absolute atomic E-state index is 10.1. The van der Waals surface area contributed by atoms with Crippen LogP contribution in [-0.2, 0) is 0 Å². The number of rotatable bonds is 3. The molecule has 0 spiro atoms. The van der Waals surface area contributed by atoms with Crippen LogP contribution in [0.25, 0.3) is 0 Å². The summed E-state index contributed by atoms with van der Waals surface area (Å²) in [6, 6.07) is 0.846. The average Bonchev–Trinajstić information content (AvgIpc) is 2.48. The molecule has 20 heavy (non-hydrogen) atoms. The zero-order valence-corrected chi connectivity index (χ0v) is 13.3. The Morgan fingerprint density at radius 3 is 2.65 bits per heavy atom. The summed E-state index contributed by atoms with van der Waals surface area (Å²) in [6.45, 7) is 5.25. The molecule has 0 aromatic heterocycles. The summed E-state index contributed by atoms with van der Waals surface area (Å²) in [5, 5.41) is 10.1. The number of piperidine rings is 1. The maximum Gasteiger partial charge on any atom is 0.0499 e. The summed E-state index contributed by atoms with van der Waals surface area (Å²) in [4.78, 5) is 2.79. The molecule has 0 bridgehead atoms. The molecule has 2 nitrogen and oxygen atoms in total. The van der Waals surface area contributed by atoms with Gasteiger partial charge in [0, 0.05) is 24.6 Å². The van der Waals surface area contributed by atoms with E-state index < -0.39 is 0 Å². The lowest BCUT2D eigenvalue weighted by molar-refractivity contribution is -0.0223. The van der Waals surface area contributed by atoms with Crippen LogP contribution < -0.4 is 0 Å². The quantitative estimate of drug-likeness (QED) is 0.848. The van der Waals surface area contributed by atoms with Crippen LogP contribution in [0.15, 0.2) is 0 Å². The molecule has 1 N–H and O–H groups in total. The van der Waals surface area contributed by atoms with Crippen LogP contribution >= 0.6 is 0 Å². The summed E-state index contributed by atoms with van der Waals surface area (Å²) >= 11 is 0. The molecule has 2 saturated carbocycles. The molecule has 1 saturated heterocycles. The number of hydrogen-bond donors (Lipinski definition) is 1. The summed E-state index contributed by atoms with van der Waals surface area (Å²) in [5.41, 5.74) is 0.219. The van der Waals surface area contributed by atoms with Gasteiger partial charge in [0.05, 0.1) is 0 Å². The van der Waals surface area contributed by atoms with E-state index in [2.05, 4.69) is 11.8 Å². The van der Waals surface area contributed by atoms with E-state index in [1.807, 2.05) is 0 Å². The van der Waals surface area contributed by atoms with Crippen molar-refractivity contribution in [3.05, 3.63) is 0 Å². The largest absolute Gasteiger partial charge is 0.396 e. The number of hydrogen-bond acceptors (Lipinski definition) is 2. The lowest BCUT2D eigenvalue weighted by atomic mass is 9.69. The van der Waals surface area contributed by atoms with Crippen LogP contribution in [0.2, 0.25) is 0 Å². The first-order valence-corrected chi connectivity index (χ1v) is 9.07. The average molecular weight is 279 g/mol. The highest BCUT2D eigenvalue weighted by Crippen LogP contribution is 2.42. The topological polar surface area (TPSA) is 23.5 Å². The first-order chi connectivity index (χ1) is 9.72. The Labute approximate surface area is 124 Å². The monoisotopic (exact) mass is 279 g/mol. The lowest BCUT2D eigenvalue weighted by Crippen LogP contribution is -2.52. The van der Waals surface area contributed by atoms with E-state index in [-0.39, 0.29) is 5.41 Å². The minimum absolute atomic E-state index is 0.219. The van der Waals surface area contributed by atoms with Gasteiger partial charge in [-0.1, -0.05) is 32.6 Å². The second kappa shape index (κ2) is 6.36. The SMILES string of the molecule is CC1CCCC(CO)(CN2CCCC3CCCCC32)C1. The molecule has 0 amide bonds. The molecule has 2 aliphatic carbocycles. The first-order valence-electron chi connectivity index (χ1n) is 9.07. The highest BCUT2D eigenvalue weighted by molar-refractivity contribution is 4.93. The van der Waals surface area contributed by atoms with Gasteiger partial charge in [-0.05, 0) is 56.9 Å². The van der Waals surface area contributed by atoms with E-state index in [0.29, 0.717) is 6.61 Å². The van der Waals surface area contributed by atoms with Gasteiger partial charge in [0.2, 0.25) is 0 Å². The molecule has 3 rings (SSSR count). The maximum atomic E-state index is 10.1. The van der Waals surface area contributed by atoms with Crippen LogP contribution in [0, 0.1) is 17.3 Å². The van der Waals surface area contributed by atoms with Crippen LogP contribution in [-0.4, -0.2) is 35.7 Å². The molecule has 2 heteroatoms. The van der Waals surface area contributed by atoms with Crippen molar-refractivity contribution < 1.29 is 5.11 Å². The van der Waals surface area contributed by atoms with Crippen molar-refractivity contribution >= 4 is 0 Å². The van der Waals surface area contributed by atoms with Crippen molar-refractivity contribution in [1.82, 2.24) is 4.90 Å². The Balaban J connectivity index is 1.67. The van der Waals surface area contributed by atoms with E-state index in [1.165, 1.54) is 77.3 Å². The number of aliphatic hydroxyl groups is 1. The van der Waals surface area contributed by atoms with Crippen molar-refractivity contribution in [3.63, 3.8) is 0 Å². The van der Waals surface area contributed by atoms with Crippen molar-refractivity contribution in [1.29, 1.82) is 0 Å². The zero-order chi connectivity index (χ0) is 14.0. The Morgan fingerprint density at radius 1 is 1.05 bits per heavy atom. The van der Waals surface area contributed by atoms with Crippen LogP contribution in [0.5, 0.6) is 0 Å². The van der Waals surface area contributed by atoms with E-state index in [1.54, 1.807) is 0 Å². The minimum atomic E-state index is 0.219. The minimum Gasteiger partial charge on any atom is -0.396 e. The van der Waals surface area contributed by atoms with E-state index in [9.17, 15) is 5.11 Å². The second-order valence-electron chi connectivity index (χ2n) is 8.08. The Morgan fingerprint density at radius 2 is 1.85 bits per heavy atom. The third-order valence-corrected chi connectivity index (χ3v) is 6.42. The van der Waals surface area contributed by atoms with Crippen LogP contribution in [0.4, 0.5) is 0 Å². The van der Waals surface area contributed by atoms with Gasteiger partial charge in [-0.25, -0.2) is 0 Å². The number of nitrogens with zero attached hydrogens (tertiary/aromatic N) is 1. The van der Waals surface area contributed by atoms with Crippen LogP contribution in [0.1, 0.15) is 71.1 Å². The van der Waals surface area contributed by atoms with Crippen molar-refractivity contribution in [2.24, 2.45) is 17.3 Å². The summed E-state index contributed by atoms with van der Waals surface area (Å²) in [5.74, 6) is 1.78. The Kier molecular flexibility index (Phi) is 4.72. The van der Waals surface area contributed by atoms with Gasteiger partial charge in [-0.2, -0.15) is 0 Å². The molecule has 3 fully saturated rings. The normalized spacial score (nSPS) is 43.2. The first kappa shape index (κ1) is 14.8. The lowest BCUT2D eigenvalue weighted by Gasteiger charge is -2.49. The zero-order valence-electron chi connectivity index (χ0n) is 13.3. The van der Waals surface area contributed by atoms with Crippen LogP contribution in [0.3, 0.4) is 0 Å². The van der Waals surface area contributed by atoms with Gasteiger partial charge in [0.1, 0.15) is 0 Å². The Hall–Kier alpha value is -0.0800. The molecule has 3 aliphatic rings. The van der Waals surface area contributed by atoms with E-state index >= 15 is 0 Å². The van der Waals surface area contributed by atoms with Gasteiger partial charge in [-0.3, -0.25) is 4.90 Å². The Bertz CT molecular complexity index is 317. The van der Waals surface area contributed by atoms with E-state index in [4.69, 9.17) is 0 Å². The predicted molar refractivity (Wildman–Crippen MR) is 83.7 cm³/mol. The highest BCUT2D eigenvalue weighted by Gasteiger charge is 2.40. The third-order valence-electron chi connectivity index (χ3n) is 6.42. The third kappa shape index (κ3) is 3.06. The number of likely N-dealkylation sites (tertiary alicyclic amines) is 1. The second-order valence-corrected chi connectivity index (χ2v) is 8.08. The van der Waals surface area contributed by atoms with Gasteiger partial charge < -0.3 is 5.11 Å². The van der Waals surface area contributed by atoms with Gasteiger partial charge in [0.25, 0.3) is 0 Å². The summed E-state index contributed by atoms with van der Waals surface area (Å²) < 4.78 is 0. The number of fused-ring (bicyclic) bond motifs is 1. The standard InChI is InChI=1S/C18H33NO/c1-15-6-4-10-18(12-15,14-20)13-19-11-5-8-16-7-2-3-9-17(16)19/h15-17,20H,2-14H2,1H3. The molecule has 116 valence electrons. The van der Waals surface area contributed by atoms with Gasteiger partial charge >= 0.3 is 0 Å². The van der Waals surface area contributed by atoms with Crippen molar-refractivity contribution in [2.75, 3.05) is 19.7 Å². The smallest absolute Gasteiger partial charge is 0.0499 e. The molecule has 0 radical (unpaired) electrons. The molecule has 4 unspecified atom stereocenters. The fourth-order valence-corrected chi connectivity index (χ4v) is 5.46. The number of aliphatic hydroxyl groups excluding tert-OH is 1.